The summed E-state index contributed by atoms with van der Waals surface area (Å²) in [7, 11) is 0. The van der Waals surface area contributed by atoms with Crippen molar-refractivity contribution >= 4 is 0 Å². The van der Waals surface area contributed by atoms with Crippen molar-refractivity contribution in [2.45, 2.75) is 12.0 Å². The normalized spacial score (nSPS) is 32.0. The quantitative estimate of drug-likeness (QED) is 0.574. The first-order valence-corrected chi connectivity index (χ1v) is 4.76. The van der Waals surface area contributed by atoms with Crippen LogP contribution >= 0.6 is 0 Å². The monoisotopic (exact) mass is 185 g/mol. The maximum Gasteiger partial charge on any atom is 0.152 e. The van der Waals surface area contributed by atoms with Crippen LogP contribution in [0.25, 0.3) is 0 Å². The number of allylic oxidation sites excluding steroid dienone is 3. The summed E-state index contributed by atoms with van der Waals surface area (Å²) >= 11 is 0. The predicted octanol–water partition coefficient (Wildman–Crippen LogP) is 2.46. The fraction of sp³-hybridized carbons (Fsp3) is 0.167. The van der Waals surface area contributed by atoms with Gasteiger partial charge in [0.15, 0.2) is 5.60 Å². The average Bonchev–Trinajstić information content (AvgIpc) is 2.66. The molecule has 0 radical (unpaired) electrons. The fourth-order valence-electron chi connectivity index (χ4n) is 1.89. The number of hydrogen-bond acceptors (Lipinski definition) is 2. The third-order valence-electron chi connectivity index (χ3n) is 2.65. The van der Waals surface area contributed by atoms with Crippen molar-refractivity contribution in [3.05, 3.63) is 60.8 Å². The van der Waals surface area contributed by atoms with Crippen LogP contribution in [0.2, 0.25) is 0 Å². The van der Waals surface area contributed by atoms with Crippen LogP contribution in [-0.2, 0) is 4.74 Å². The fourth-order valence-corrected chi connectivity index (χ4v) is 1.89. The standard InChI is InChI=1S/C12H11NO/c1-2-7-13-8-6-12(5-3-9-14-12)10-11(13)4-1/h1-4,6-10H,5H2. The Balaban J connectivity index is 1.97. The van der Waals surface area contributed by atoms with Crippen molar-refractivity contribution in [2.75, 3.05) is 0 Å². The molecule has 3 aliphatic heterocycles. The van der Waals surface area contributed by atoms with Gasteiger partial charge in [-0.05, 0) is 30.4 Å². The first-order valence-electron chi connectivity index (χ1n) is 4.76. The molecule has 0 saturated carbocycles. The Hall–Kier alpha value is -1.70. The van der Waals surface area contributed by atoms with Gasteiger partial charge in [-0.2, -0.15) is 0 Å². The number of nitrogens with zero attached hydrogens (tertiary/aromatic N) is 1. The lowest BCUT2D eigenvalue weighted by atomic mass is 9.96. The summed E-state index contributed by atoms with van der Waals surface area (Å²) in [5.41, 5.74) is 0.958. The number of rotatable bonds is 0. The van der Waals surface area contributed by atoms with Crippen molar-refractivity contribution in [3.63, 3.8) is 0 Å². The summed E-state index contributed by atoms with van der Waals surface area (Å²) in [4.78, 5) is 2.09. The summed E-state index contributed by atoms with van der Waals surface area (Å²) in [6, 6.07) is 0. The van der Waals surface area contributed by atoms with Crippen LogP contribution in [0.1, 0.15) is 6.42 Å². The molecule has 0 aromatic carbocycles. The summed E-state index contributed by atoms with van der Waals surface area (Å²) in [6.45, 7) is 0. The van der Waals surface area contributed by atoms with Crippen LogP contribution in [0.3, 0.4) is 0 Å². The molecule has 14 heavy (non-hydrogen) atoms. The predicted molar refractivity (Wildman–Crippen MR) is 54.9 cm³/mol. The lowest BCUT2D eigenvalue weighted by molar-refractivity contribution is 0.135. The molecular formula is C12H11NO. The second-order valence-electron chi connectivity index (χ2n) is 3.64. The Labute approximate surface area is 83.2 Å². The molecule has 2 heteroatoms. The first kappa shape index (κ1) is 7.68. The molecule has 1 spiro atoms. The summed E-state index contributed by atoms with van der Waals surface area (Å²) in [6.07, 6.45) is 19.3. The van der Waals surface area contributed by atoms with E-state index in [1.807, 2.05) is 18.4 Å². The van der Waals surface area contributed by atoms with Gasteiger partial charge in [0.05, 0.1) is 6.26 Å². The Bertz CT molecular complexity index is 391. The molecule has 0 aromatic rings. The molecule has 70 valence electrons. The third kappa shape index (κ3) is 1.04. The van der Waals surface area contributed by atoms with Gasteiger partial charge in [0, 0.05) is 24.5 Å². The topological polar surface area (TPSA) is 12.5 Å². The van der Waals surface area contributed by atoms with Gasteiger partial charge in [0.25, 0.3) is 0 Å². The van der Waals surface area contributed by atoms with Gasteiger partial charge in [-0.1, -0.05) is 6.08 Å². The van der Waals surface area contributed by atoms with Gasteiger partial charge < -0.3 is 9.64 Å². The molecule has 0 bridgehead atoms. The Kier molecular flexibility index (Phi) is 1.45. The highest BCUT2D eigenvalue weighted by Gasteiger charge is 2.31. The Morgan fingerprint density at radius 1 is 1.29 bits per heavy atom. The molecule has 3 rings (SSSR count). The van der Waals surface area contributed by atoms with Gasteiger partial charge in [0.2, 0.25) is 0 Å². The minimum absolute atomic E-state index is 0.221. The van der Waals surface area contributed by atoms with E-state index in [-0.39, 0.29) is 5.60 Å². The molecule has 0 amide bonds. The number of hydrogen-bond donors (Lipinski definition) is 0. The molecule has 0 saturated heterocycles. The molecule has 3 aliphatic rings. The number of ether oxygens (including phenoxy) is 1. The molecule has 0 fully saturated rings. The maximum absolute atomic E-state index is 5.60. The van der Waals surface area contributed by atoms with Crippen molar-refractivity contribution in [1.29, 1.82) is 0 Å². The van der Waals surface area contributed by atoms with E-state index >= 15 is 0 Å². The van der Waals surface area contributed by atoms with Crippen molar-refractivity contribution in [3.8, 4) is 0 Å². The third-order valence-corrected chi connectivity index (χ3v) is 2.65. The van der Waals surface area contributed by atoms with Crippen LogP contribution in [0.5, 0.6) is 0 Å². The average molecular weight is 185 g/mol. The molecular weight excluding hydrogens is 174 g/mol. The van der Waals surface area contributed by atoms with Gasteiger partial charge in [0.1, 0.15) is 0 Å². The van der Waals surface area contributed by atoms with E-state index in [9.17, 15) is 0 Å². The van der Waals surface area contributed by atoms with Crippen LogP contribution in [0.15, 0.2) is 60.8 Å². The zero-order valence-electron chi connectivity index (χ0n) is 7.76. The summed E-state index contributed by atoms with van der Waals surface area (Å²) in [5.74, 6) is 0. The van der Waals surface area contributed by atoms with Gasteiger partial charge >= 0.3 is 0 Å². The van der Waals surface area contributed by atoms with E-state index in [2.05, 4.69) is 35.4 Å². The minimum atomic E-state index is -0.221. The molecule has 3 heterocycles. The SMILES string of the molecule is C1=CC2=CC3(C=CN2C=C1)CC=CO3. The second kappa shape index (κ2) is 2.64. The number of fused-ring (bicyclic) bond motifs is 1. The summed E-state index contributed by atoms with van der Waals surface area (Å²) in [5, 5.41) is 0. The van der Waals surface area contributed by atoms with Crippen LogP contribution < -0.4 is 0 Å². The van der Waals surface area contributed by atoms with E-state index in [0.29, 0.717) is 0 Å². The van der Waals surface area contributed by atoms with Crippen molar-refractivity contribution < 1.29 is 4.74 Å². The highest BCUT2D eigenvalue weighted by atomic mass is 16.5. The van der Waals surface area contributed by atoms with E-state index in [4.69, 9.17) is 4.74 Å². The highest BCUT2D eigenvalue weighted by molar-refractivity contribution is 5.38. The largest absolute Gasteiger partial charge is 0.487 e. The van der Waals surface area contributed by atoms with Crippen LogP contribution in [0.4, 0.5) is 0 Å². The van der Waals surface area contributed by atoms with E-state index in [0.717, 1.165) is 6.42 Å². The zero-order chi connectivity index (χ0) is 9.43. The molecule has 2 nitrogen and oxygen atoms in total. The van der Waals surface area contributed by atoms with E-state index < -0.39 is 0 Å². The molecule has 0 N–H and O–H groups in total. The van der Waals surface area contributed by atoms with Gasteiger partial charge in [-0.3, -0.25) is 0 Å². The Morgan fingerprint density at radius 2 is 2.29 bits per heavy atom. The van der Waals surface area contributed by atoms with E-state index in [1.165, 1.54) is 5.70 Å². The maximum atomic E-state index is 5.60. The zero-order valence-corrected chi connectivity index (χ0v) is 7.76. The highest BCUT2D eigenvalue weighted by Crippen LogP contribution is 2.33. The van der Waals surface area contributed by atoms with Gasteiger partial charge in [-0.15, -0.1) is 0 Å². The molecule has 0 aliphatic carbocycles. The molecule has 0 aromatic heterocycles. The lowest BCUT2D eigenvalue weighted by Crippen LogP contribution is -2.29. The van der Waals surface area contributed by atoms with Crippen molar-refractivity contribution in [2.24, 2.45) is 0 Å². The summed E-state index contributed by atoms with van der Waals surface area (Å²) < 4.78 is 5.60. The lowest BCUT2D eigenvalue weighted by Gasteiger charge is -2.31. The van der Waals surface area contributed by atoms with Crippen molar-refractivity contribution in [1.82, 2.24) is 4.90 Å². The van der Waals surface area contributed by atoms with Crippen LogP contribution in [0, 0.1) is 0 Å². The van der Waals surface area contributed by atoms with Gasteiger partial charge in [-0.25, -0.2) is 0 Å². The first-order chi connectivity index (χ1) is 6.88. The Morgan fingerprint density at radius 3 is 3.14 bits per heavy atom. The minimum Gasteiger partial charge on any atom is -0.487 e. The molecule has 1 atom stereocenters. The van der Waals surface area contributed by atoms with E-state index in [1.54, 1.807) is 6.26 Å². The smallest absolute Gasteiger partial charge is 0.152 e. The second-order valence-corrected chi connectivity index (χ2v) is 3.64. The molecule has 1 unspecified atom stereocenters. The van der Waals surface area contributed by atoms with Crippen LogP contribution in [-0.4, -0.2) is 10.5 Å².